The highest BCUT2D eigenvalue weighted by atomic mass is 16.4. The molecule has 2 aromatic heterocycles. The molecule has 5 nitrogen and oxygen atoms in total. The van der Waals surface area contributed by atoms with E-state index in [0.717, 1.165) is 0 Å². The highest BCUT2D eigenvalue weighted by Gasteiger charge is 2.16. The maximum atomic E-state index is 10.7. The van der Waals surface area contributed by atoms with Crippen LogP contribution < -0.4 is 0 Å². The first-order valence-corrected chi connectivity index (χ1v) is 3.59. The van der Waals surface area contributed by atoms with Crippen LogP contribution in [0.15, 0.2) is 24.4 Å². The molecule has 2 aromatic rings. The van der Waals surface area contributed by atoms with E-state index in [1.807, 2.05) is 0 Å². The molecule has 0 aliphatic carbocycles. The zero-order valence-electron chi connectivity index (χ0n) is 6.51. The summed E-state index contributed by atoms with van der Waals surface area (Å²) in [6.45, 7) is 0. The summed E-state index contributed by atoms with van der Waals surface area (Å²) in [5.41, 5.74) is 0.202. The Hall–Kier alpha value is -2.04. The van der Waals surface area contributed by atoms with Gasteiger partial charge >= 0.3 is 5.97 Å². The van der Waals surface area contributed by atoms with Gasteiger partial charge in [-0.2, -0.15) is 4.98 Å². The number of pyridine rings is 1. The molecular formula is C8H6N2O3. The van der Waals surface area contributed by atoms with E-state index in [1.165, 1.54) is 10.6 Å². The monoisotopic (exact) mass is 178 g/mol. The Morgan fingerprint density at radius 3 is 2.92 bits per heavy atom. The lowest BCUT2D eigenvalue weighted by Gasteiger charge is -1.93. The fourth-order valence-electron chi connectivity index (χ4n) is 1.18. The molecule has 0 amide bonds. The molecule has 0 aliphatic heterocycles. The van der Waals surface area contributed by atoms with Crippen molar-refractivity contribution in [1.82, 2.24) is 9.38 Å². The summed E-state index contributed by atoms with van der Waals surface area (Å²) in [4.78, 5) is 14.3. The fraction of sp³-hybridized carbons (Fsp3) is 0. The maximum absolute atomic E-state index is 10.7. The molecule has 5 heteroatoms. The van der Waals surface area contributed by atoms with Crippen LogP contribution in [0, 0.1) is 0 Å². The van der Waals surface area contributed by atoms with Crippen molar-refractivity contribution in [1.29, 1.82) is 0 Å². The number of aromatic nitrogens is 2. The molecule has 0 spiro atoms. The van der Waals surface area contributed by atoms with E-state index in [4.69, 9.17) is 5.11 Å². The summed E-state index contributed by atoms with van der Waals surface area (Å²) in [5.74, 6) is -1.66. The molecule has 13 heavy (non-hydrogen) atoms. The van der Waals surface area contributed by atoms with Crippen molar-refractivity contribution in [3.63, 3.8) is 0 Å². The number of fused-ring (bicyclic) bond motifs is 1. The summed E-state index contributed by atoms with van der Waals surface area (Å²) in [6, 6.07) is 5.00. The fourth-order valence-corrected chi connectivity index (χ4v) is 1.18. The van der Waals surface area contributed by atoms with Gasteiger partial charge in [0.05, 0.1) is 0 Å². The van der Waals surface area contributed by atoms with Crippen LogP contribution >= 0.6 is 0 Å². The molecule has 0 bridgehead atoms. The first kappa shape index (κ1) is 7.60. The van der Waals surface area contributed by atoms with E-state index in [9.17, 15) is 9.90 Å². The third kappa shape index (κ3) is 1.01. The van der Waals surface area contributed by atoms with Crippen LogP contribution in [-0.4, -0.2) is 25.6 Å². The normalized spacial score (nSPS) is 10.5. The van der Waals surface area contributed by atoms with Crippen LogP contribution in [0.4, 0.5) is 0 Å². The molecule has 0 aromatic carbocycles. The number of rotatable bonds is 1. The van der Waals surface area contributed by atoms with E-state index >= 15 is 0 Å². The molecule has 0 saturated heterocycles. The van der Waals surface area contributed by atoms with Crippen LogP contribution in [-0.2, 0) is 0 Å². The number of carboxylic acid groups (broad SMARTS) is 1. The highest BCUT2D eigenvalue weighted by Crippen LogP contribution is 2.17. The number of carboxylic acids is 1. The lowest BCUT2D eigenvalue weighted by molar-refractivity contribution is 0.0686. The van der Waals surface area contributed by atoms with E-state index in [1.54, 1.807) is 18.2 Å². The summed E-state index contributed by atoms with van der Waals surface area (Å²) in [5, 5.41) is 17.9. The van der Waals surface area contributed by atoms with Gasteiger partial charge < -0.3 is 10.2 Å². The zero-order valence-corrected chi connectivity index (χ0v) is 6.51. The highest BCUT2D eigenvalue weighted by molar-refractivity contribution is 5.89. The third-order valence-corrected chi connectivity index (χ3v) is 1.71. The molecule has 2 heterocycles. The summed E-state index contributed by atoms with van der Waals surface area (Å²) in [6.07, 6.45) is 1.53. The number of imidazole rings is 1. The molecule has 2 rings (SSSR count). The minimum Gasteiger partial charge on any atom is -0.492 e. The third-order valence-electron chi connectivity index (χ3n) is 1.71. The van der Waals surface area contributed by atoms with Crippen molar-refractivity contribution in [2.24, 2.45) is 0 Å². The Bertz CT molecular complexity index is 475. The van der Waals surface area contributed by atoms with Crippen molar-refractivity contribution in [3.05, 3.63) is 30.1 Å². The Labute approximate surface area is 72.9 Å². The summed E-state index contributed by atoms with van der Waals surface area (Å²) in [7, 11) is 0. The lowest BCUT2D eigenvalue weighted by atomic mass is 10.4. The van der Waals surface area contributed by atoms with Gasteiger partial charge in [0.25, 0.3) is 0 Å². The quantitative estimate of drug-likeness (QED) is 0.675. The van der Waals surface area contributed by atoms with Crippen LogP contribution in [0.5, 0.6) is 5.88 Å². The zero-order chi connectivity index (χ0) is 9.42. The van der Waals surface area contributed by atoms with Gasteiger partial charge in [0, 0.05) is 6.20 Å². The van der Waals surface area contributed by atoms with Crippen LogP contribution in [0.3, 0.4) is 0 Å². The molecule has 0 saturated carbocycles. The minimum absolute atomic E-state index is 0.212. The van der Waals surface area contributed by atoms with Crippen LogP contribution in [0.2, 0.25) is 0 Å². The topological polar surface area (TPSA) is 74.8 Å². The number of hydrogen-bond acceptors (Lipinski definition) is 3. The second-order valence-corrected chi connectivity index (χ2v) is 2.52. The standard InChI is InChI=1S/C8H6N2O3/c11-7-6(8(12)13)10-4-2-1-3-5(10)9-7/h1-4,11H,(H,12,13). The average Bonchev–Trinajstić information content (AvgIpc) is 2.39. The molecular weight excluding hydrogens is 172 g/mol. The van der Waals surface area contributed by atoms with Gasteiger partial charge in [-0.3, -0.25) is 4.40 Å². The van der Waals surface area contributed by atoms with Gasteiger partial charge in [-0.05, 0) is 12.1 Å². The maximum Gasteiger partial charge on any atom is 0.358 e. The number of aromatic carboxylic acids is 1. The van der Waals surface area contributed by atoms with Crippen molar-refractivity contribution in [3.8, 4) is 5.88 Å². The second kappa shape index (κ2) is 2.48. The molecule has 0 fully saturated rings. The average molecular weight is 178 g/mol. The van der Waals surface area contributed by atoms with E-state index in [-0.39, 0.29) is 5.69 Å². The molecule has 0 radical (unpaired) electrons. The van der Waals surface area contributed by atoms with Gasteiger partial charge in [0.1, 0.15) is 5.65 Å². The minimum atomic E-state index is -1.20. The lowest BCUT2D eigenvalue weighted by Crippen LogP contribution is -2.01. The smallest absolute Gasteiger partial charge is 0.358 e. The van der Waals surface area contributed by atoms with Crippen molar-refractivity contribution < 1.29 is 15.0 Å². The van der Waals surface area contributed by atoms with Crippen molar-refractivity contribution in [2.75, 3.05) is 0 Å². The summed E-state index contributed by atoms with van der Waals surface area (Å²) >= 11 is 0. The number of carbonyl (C=O) groups is 1. The predicted molar refractivity (Wildman–Crippen MR) is 43.8 cm³/mol. The van der Waals surface area contributed by atoms with Crippen LogP contribution in [0.25, 0.3) is 5.65 Å². The van der Waals surface area contributed by atoms with E-state index < -0.39 is 11.8 Å². The largest absolute Gasteiger partial charge is 0.492 e. The number of aromatic hydroxyl groups is 1. The molecule has 0 atom stereocenters. The SMILES string of the molecule is O=C(O)c1c(O)nc2ccccn12. The Morgan fingerprint density at radius 1 is 1.46 bits per heavy atom. The van der Waals surface area contributed by atoms with Gasteiger partial charge in [0.15, 0.2) is 5.69 Å². The Balaban J connectivity index is 2.86. The second-order valence-electron chi connectivity index (χ2n) is 2.52. The number of nitrogens with zero attached hydrogens (tertiary/aromatic N) is 2. The van der Waals surface area contributed by atoms with Gasteiger partial charge in [-0.25, -0.2) is 4.79 Å². The molecule has 2 N–H and O–H groups in total. The first-order valence-electron chi connectivity index (χ1n) is 3.59. The van der Waals surface area contributed by atoms with Gasteiger partial charge in [0.2, 0.25) is 5.88 Å². The van der Waals surface area contributed by atoms with Crippen molar-refractivity contribution in [2.45, 2.75) is 0 Å². The van der Waals surface area contributed by atoms with Gasteiger partial charge in [-0.1, -0.05) is 6.07 Å². The number of hydrogen-bond donors (Lipinski definition) is 2. The Morgan fingerprint density at radius 2 is 2.23 bits per heavy atom. The molecule has 66 valence electrons. The van der Waals surface area contributed by atoms with E-state index in [0.29, 0.717) is 5.65 Å². The van der Waals surface area contributed by atoms with Crippen LogP contribution in [0.1, 0.15) is 10.5 Å². The predicted octanol–water partition coefficient (Wildman–Crippen LogP) is 0.738. The van der Waals surface area contributed by atoms with E-state index in [2.05, 4.69) is 4.98 Å². The first-order chi connectivity index (χ1) is 6.20. The van der Waals surface area contributed by atoms with Gasteiger partial charge in [-0.15, -0.1) is 0 Å². The van der Waals surface area contributed by atoms with Crippen molar-refractivity contribution >= 4 is 11.6 Å². The Kier molecular flexibility index (Phi) is 1.45. The molecule has 0 unspecified atom stereocenters. The summed E-state index contributed by atoms with van der Waals surface area (Å²) < 4.78 is 1.32. The molecule has 0 aliphatic rings.